The average molecular weight is 508 g/mol. The van der Waals surface area contributed by atoms with Crippen LogP contribution in [0, 0.1) is 18.3 Å². The normalized spacial score (nSPS) is 14.8. The summed E-state index contributed by atoms with van der Waals surface area (Å²) in [6.07, 6.45) is 0. The Balaban J connectivity index is 1.72. The van der Waals surface area contributed by atoms with E-state index in [1.165, 1.54) is 12.1 Å². The molecule has 3 aromatic rings. The number of para-hydroxylation sites is 1. The van der Waals surface area contributed by atoms with E-state index in [1.54, 1.807) is 19.1 Å². The van der Waals surface area contributed by atoms with Gasteiger partial charge in [-0.05, 0) is 30.7 Å². The Morgan fingerprint density at radius 2 is 1.94 bits per heavy atom. The largest absolute Gasteiger partial charge is 0.483 e. The summed E-state index contributed by atoms with van der Waals surface area (Å²) in [5.41, 5.74) is 13.6. The Morgan fingerprint density at radius 3 is 2.64 bits per heavy atom. The number of carbonyl (C=O) groups is 2. The van der Waals surface area contributed by atoms with Crippen LogP contribution < -0.4 is 20.9 Å². The fourth-order valence-corrected chi connectivity index (χ4v) is 4.21. The number of aryl methyl sites for hydroxylation is 1. The quantitative estimate of drug-likeness (QED) is 0.539. The van der Waals surface area contributed by atoms with E-state index in [-0.39, 0.29) is 28.6 Å². The van der Waals surface area contributed by atoms with Crippen LogP contribution in [0.3, 0.4) is 0 Å². The van der Waals surface area contributed by atoms with Crippen molar-refractivity contribution in [3.05, 3.63) is 86.8 Å². The SMILES string of the molecule is Cc1nn(C(=O)COc2ccccc2C(N)=O)c2c1C(c1ccccc1Br)C(C#N)=C(N)O2. The molecule has 1 aliphatic heterocycles. The Bertz CT molecular complexity index is 1360. The molecule has 1 atom stereocenters. The zero-order valence-corrected chi connectivity index (χ0v) is 19.0. The molecular formula is C23H18BrN5O4. The second kappa shape index (κ2) is 8.80. The van der Waals surface area contributed by atoms with Crippen LogP contribution >= 0.6 is 15.9 Å². The highest BCUT2D eigenvalue weighted by Crippen LogP contribution is 2.45. The van der Waals surface area contributed by atoms with Crippen LogP contribution in [-0.2, 0) is 0 Å². The van der Waals surface area contributed by atoms with Gasteiger partial charge < -0.3 is 20.9 Å². The number of benzene rings is 2. The van der Waals surface area contributed by atoms with Crippen molar-refractivity contribution in [1.29, 1.82) is 5.26 Å². The molecule has 2 aromatic carbocycles. The number of carbonyl (C=O) groups excluding carboxylic acids is 2. The van der Waals surface area contributed by atoms with Gasteiger partial charge in [0, 0.05) is 4.47 Å². The number of halogens is 1. The Labute approximate surface area is 197 Å². The highest BCUT2D eigenvalue weighted by atomic mass is 79.9. The third kappa shape index (κ3) is 3.94. The number of nitrogens with two attached hydrogens (primary N) is 2. The van der Waals surface area contributed by atoms with Gasteiger partial charge in [-0.3, -0.25) is 9.59 Å². The maximum atomic E-state index is 13.0. The average Bonchev–Trinajstić information content (AvgIpc) is 3.13. The molecule has 166 valence electrons. The van der Waals surface area contributed by atoms with E-state index in [0.29, 0.717) is 11.3 Å². The first kappa shape index (κ1) is 22.1. The maximum Gasteiger partial charge on any atom is 0.287 e. The molecule has 0 fully saturated rings. The van der Waals surface area contributed by atoms with Crippen LogP contribution in [0.2, 0.25) is 0 Å². The van der Waals surface area contributed by atoms with Crippen molar-refractivity contribution < 1.29 is 19.1 Å². The van der Waals surface area contributed by atoms with Crippen molar-refractivity contribution in [3.8, 4) is 17.7 Å². The molecular weight excluding hydrogens is 490 g/mol. The molecule has 0 bridgehead atoms. The zero-order chi connectivity index (χ0) is 23.7. The number of nitriles is 1. The molecule has 1 aromatic heterocycles. The predicted molar refractivity (Wildman–Crippen MR) is 121 cm³/mol. The van der Waals surface area contributed by atoms with Crippen molar-refractivity contribution >= 4 is 27.7 Å². The van der Waals surface area contributed by atoms with Gasteiger partial charge >= 0.3 is 0 Å². The van der Waals surface area contributed by atoms with Gasteiger partial charge in [-0.1, -0.05) is 46.3 Å². The second-order valence-electron chi connectivity index (χ2n) is 7.21. The molecule has 10 heteroatoms. The summed E-state index contributed by atoms with van der Waals surface area (Å²) in [5.74, 6) is -1.63. The number of ether oxygens (including phenoxy) is 2. The highest BCUT2D eigenvalue weighted by molar-refractivity contribution is 9.10. The van der Waals surface area contributed by atoms with Crippen LogP contribution in [0.1, 0.15) is 37.9 Å². The second-order valence-corrected chi connectivity index (χ2v) is 8.06. The lowest BCUT2D eigenvalue weighted by atomic mass is 9.84. The molecule has 1 amide bonds. The summed E-state index contributed by atoms with van der Waals surface area (Å²) in [7, 11) is 0. The number of hydrogen-bond donors (Lipinski definition) is 2. The minimum absolute atomic E-state index is 0.111. The lowest BCUT2D eigenvalue weighted by molar-refractivity contribution is 0.0804. The van der Waals surface area contributed by atoms with Gasteiger partial charge in [0.2, 0.25) is 11.8 Å². The summed E-state index contributed by atoms with van der Waals surface area (Å²) in [4.78, 5) is 24.6. The Kier molecular flexibility index (Phi) is 5.89. The summed E-state index contributed by atoms with van der Waals surface area (Å²) in [6, 6.07) is 15.9. The molecule has 9 nitrogen and oxygen atoms in total. The molecule has 1 aliphatic rings. The van der Waals surface area contributed by atoms with Crippen LogP contribution in [-0.4, -0.2) is 28.2 Å². The third-order valence-electron chi connectivity index (χ3n) is 5.19. The van der Waals surface area contributed by atoms with Gasteiger partial charge in [-0.15, -0.1) is 0 Å². The first-order chi connectivity index (χ1) is 15.8. The van der Waals surface area contributed by atoms with Gasteiger partial charge in [0.25, 0.3) is 11.8 Å². The number of allylic oxidation sites excluding steroid dienone is 1. The van der Waals surface area contributed by atoms with Gasteiger partial charge in [0.05, 0.1) is 22.7 Å². The number of amides is 1. The summed E-state index contributed by atoms with van der Waals surface area (Å²) >= 11 is 3.52. The van der Waals surface area contributed by atoms with Crippen LogP contribution in [0.4, 0.5) is 0 Å². The minimum atomic E-state index is -0.674. The molecule has 4 N–H and O–H groups in total. The molecule has 2 heterocycles. The molecule has 0 radical (unpaired) electrons. The van der Waals surface area contributed by atoms with E-state index < -0.39 is 24.3 Å². The van der Waals surface area contributed by atoms with E-state index in [1.807, 2.05) is 24.3 Å². The van der Waals surface area contributed by atoms with Crippen LogP contribution in [0.5, 0.6) is 11.6 Å². The summed E-state index contributed by atoms with van der Waals surface area (Å²) < 4.78 is 13.1. The van der Waals surface area contributed by atoms with Gasteiger partial charge in [-0.2, -0.15) is 15.0 Å². The van der Waals surface area contributed by atoms with E-state index in [9.17, 15) is 14.9 Å². The number of aromatic nitrogens is 2. The van der Waals surface area contributed by atoms with Crippen molar-refractivity contribution in [1.82, 2.24) is 9.78 Å². The topological polar surface area (TPSA) is 146 Å². The molecule has 0 saturated heterocycles. The van der Waals surface area contributed by atoms with E-state index in [2.05, 4.69) is 27.1 Å². The van der Waals surface area contributed by atoms with Gasteiger partial charge in [0.15, 0.2) is 6.61 Å². The zero-order valence-electron chi connectivity index (χ0n) is 17.4. The monoisotopic (exact) mass is 507 g/mol. The molecule has 33 heavy (non-hydrogen) atoms. The lowest BCUT2D eigenvalue weighted by Gasteiger charge is -2.25. The Hall–Kier alpha value is -4.10. The smallest absolute Gasteiger partial charge is 0.287 e. The van der Waals surface area contributed by atoms with Crippen molar-refractivity contribution in [2.45, 2.75) is 12.8 Å². The number of fused-ring (bicyclic) bond motifs is 1. The first-order valence-electron chi connectivity index (χ1n) is 9.79. The summed E-state index contributed by atoms with van der Waals surface area (Å²) in [5, 5.41) is 14.1. The standard InChI is InChI=1S/C23H18BrN5O4/c1-12-19-20(13-6-2-4-8-16(13)24)15(10-25)22(27)33-23(19)29(28-12)18(30)11-32-17-9-5-3-7-14(17)21(26)31/h2-9,20H,11,27H2,1H3,(H2,26,31). The molecule has 4 rings (SSSR count). The number of rotatable bonds is 5. The fraction of sp³-hybridized carbons (Fsp3) is 0.130. The van der Waals surface area contributed by atoms with Crippen LogP contribution in [0.15, 0.2) is 64.5 Å². The number of nitrogens with zero attached hydrogens (tertiary/aromatic N) is 3. The highest BCUT2D eigenvalue weighted by Gasteiger charge is 2.37. The first-order valence-corrected chi connectivity index (χ1v) is 10.6. The maximum absolute atomic E-state index is 13.0. The van der Waals surface area contributed by atoms with Gasteiger partial charge in [0.1, 0.15) is 17.4 Å². The minimum Gasteiger partial charge on any atom is -0.483 e. The van der Waals surface area contributed by atoms with Crippen molar-refractivity contribution in [3.63, 3.8) is 0 Å². The molecule has 0 saturated carbocycles. The Morgan fingerprint density at radius 1 is 1.24 bits per heavy atom. The fourth-order valence-electron chi connectivity index (χ4n) is 3.70. The molecule has 1 unspecified atom stereocenters. The molecule has 0 aliphatic carbocycles. The molecule has 0 spiro atoms. The predicted octanol–water partition coefficient (Wildman–Crippen LogP) is 2.99. The van der Waals surface area contributed by atoms with E-state index in [4.69, 9.17) is 20.9 Å². The lowest BCUT2D eigenvalue weighted by Crippen LogP contribution is -2.26. The number of hydrogen-bond acceptors (Lipinski definition) is 7. The summed E-state index contributed by atoms with van der Waals surface area (Å²) in [6.45, 7) is 1.28. The van der Waals surface area contributed by atoms with Crippen molar-refractivity contribution in [2.75, 3.05) is 6.61 Å². The van der Waals surface area contributed by atoms with E-state index >= 15 is 0 Å². The van der Waals surface area contributed by atoms with E-state index in [0.717, 1.165) is 14.7 Å². The van der Waals surface area contributed by atoms with Crippen molar-refractivity contribution in [2.24, 2.45) is 11.5 Å². The van der Waals surface area contributed by atoms with Gasteiger partial charge in [-0.25, -0.2) is 0 Å². The third-order valence-corrected chi connectivity index (χ3v) is 5.91. The van der Waals surface area contributed by atoms with Crippen LogP contribution in [0.25, 0.3) is 0 Å². The number of primary amides is 1.